The Hall–Kier alpha value is -1.11. The molecule has 112 valence electrons. The van der Waals surface area contributed by atoms with E-state index in [1.807, 2.05) is 12.1 Å². The molecule has 0 aromatic heterocycles. The van der Waals surface area contributed by atoms with Crippen LogP contribution in [-0.4, -0.2) is 39.2 Å². The van der Waals surface area contributed by atoms with Crippen LogP contribution in [0.4, 0.5) is 5.69 Å². The van der Waals surface area contributed by atoms with Gasteiger partial charge < -0.3 is 5.73 Å². The predicted octanol–water partition coefficient (Wildman–Crippen LogP) is 1.16. The fraction of sp³-hybridized carbons (Fsp3) is 0.571. The summed E-state index contributed by atoms with van der Waals surface area (Å²) in [4.78, 5) is 2.39. The van der Waals surface area contributed by atoms with Gasteiger partial charge in [0.25, 0.3) is 0 Å². The topological polar surface area (TPSA) is 75.4 Å². The first kappa shape index (κ1) is 15.3. The summed E-state index contributed by atoms with van der Waals surface area (Å²) in [6, 6.07) is 5.98. The summed E-state index contributed by atoms with van der Waals surface area (Å²) in [5.74, 6) is 0. The van der Waals surface area contributed by atoms with Gasteiger partial charge >= 0.3 is 0 Å². The van der Waals surface area contributed by atoms with Crippen molar-refractivity contribution in [3.63, 3.8) is 0 Å². The number of rotatable bonds is 6. The molecule has 0 saturated carbocycles. The molecular formula is C14H23N3O2S. The van der Waals surface area contributed by atoms with Crippen LogP contribution in [0.5, 0.6) is 0 Å². The van der Waals surface area contributed by atoms with Crippen molar-refractivity contribution < 1.29 is 8.42 Å². The van der Waals surface area contributed by atoms with Gasteiger partial charge in [-0.25, -0.2) is 8.42 Å². The molecule has 1 heterocycles. The molecule has 0 amide bonds. The van der Waals surface area contributed by atoms with Crippen LogP contribution in [0, 0.1) is 0 Å². The lowest BCUT2D eigenvalue weighted by atomic mass is 10.1. The fourth-order valence-corrected chi connectivity index (χ4v) is 3.18. The van der Waals surface area contributed by atoms with Gasteiger partial charge in [0.05, 0.1) is 11.9 Å². The number of anilines is 1. The molecule has 6 heteroatoms. The van der Waals surface area contributed by atoms with E-state index >= 15 is 0 Å². The Kier molecular flexibility index (Phi) is 5.01. The van der Waals surface area contributed by atoms with Gasteiger partial charge in [-0.15, -0.1) is 0 Å². The standard InChI is InChI=1S/C14H23N3O2S/c1-20(18,19)16-14-10-12(4-5-13(14)6-7-15)11-17-8-2-3-9-17/h4-5,10,16H,2-3,6-9,11,15H2,1H3. The molecule has 0 radical (unpaired) electrons. The number of nitrogens with zero attached hydrogens (tertiary/aromatic N) is 1. The molecule has 20 heavy (non-hydrogen) atoms. The number of benzene rings is 1. The van der Waals surface area contributed by atoms with Gasteiger partial charge in [0.1, 0.15) is 0 Å². The number of likely N-dealkylation sites (tertiary alicyclic amines) is 1. The maximum absolute atomic E-state index is 11.5. The SMILES string of the molecule is CS(=O)(=O)Nc1cc(CN2CCCC2)ccc1CCN. The third-order valence-electron chi connectivity index (χ3n) is 3.49. The zero-order valence-electron chi connectivity index (χ0n) is 11.9. The van der Waals surface area contributed by atoms with Crippen molar-refractivity contribution in [1.29, 1.82) is 0 Å². The average Bonchev–Trinajstić information content (AvgIpc) is 2.83. The van der Waals surface area contributed by atoms with Crippen LogP contribution in [0.1, 0.15) is 24.0 Å². The summed E-state index contributed by atoms with van der Waals surface area (Å²) in [7, 11) is -3.27. The fourth-order valence-electron chi connectivity index (χ4n) is 2.59. The Morgan fingerprint density at radius 2 is 2.00 bits per heavy atom. The maximum atomic E-state index is 11.5. The largest absolute Gasteiger partial charge is 0.330 e. The minimum atomic E-state index is -3.27. The lowest BCUT2D eigenvalue weighted by Crippen LogP contribution is -2.19. The molecule has 2 rings (SSSR count). The first-order chi connectivity index (χ1) is 9.48. The van der Waals surface area contributed by atoms with Crippen LogP contribution in [-0.2, 0) is 23.0 Å². The molecule has 0 bridgehead atoms. The van der Waals surface area contributed by atoms with Gasteiger partial charge in [-0.05, 0) is 56.1 Å². The maximum Gasteiger partial charge on any atom is 0.229 e. The Morgan fingerprint density at radius 3 is 2.60 bits per heavy atom. The second-order valence-electron chi connectivity index (χ2n) is 5.39. The van der Waals surface area contributed by atoms with Crippen LogP contribution in [0.2, 0.25) is 0 Å². The van der Waals surface area contributed by atoms with E-state index in [2.05, 4.69) is 15.7 Å². The second-order valence-corrected chi connectivity index (χ2v) is 7.14. The van der Waals surface area contributed by atoms with E-state index in [1.54, 1.807) is 0 Å². The van der Waals surface area contributed by atoms with Gasteiger partial charge in [-0.2, -0.15) is 0 Å². The van der Waals surface area contributed by atoms with Crippen molar-refractivity contribution in [3.05, 3.63) is 29.3 Å². The van der Waals surface area contributed by atoms with Gasteiger partial charge in [0.15, 0.2) is 0 Å². The third kappa shape index (κ3) is 4.47. The number of hydrogen-bond donors (Lipinski definition) is 2. The molecule has 0 unspecified atom stereocenters. The summed E-state index contributed by atoms with van der Waals surface area (Å²) in [5, 5.41) is 0. The molecule has 1 fully saturated rings. The Morgan fingerprint density at radius 1 is 1.30 bits per heavy atom. The van der Waals surface area contributed by atoms with E-state index in [-0.39, 0.29) is 0 Å². The normalized spacial score (nSPS) is 16.5. The van der Waals surface area contributed by atoms with E-state index in [4.69, 9.17) is 5.73 Å². The highest BCUT2D eigenvalue weighted by molar-refractivity contribution is 7.92. The van der Waals surface area contributed by atoms with Gasteiger partial charge in [-0.1, -0.05) is 12.1 Å². The molecule has 1 aromatic carbocycles. The quantitative estimate of drug-likeness (QED) is 0.826. The molecule has 1 aliphatic heterocycles. The highest BCUT2D eigenvalue weighted by Crippen LogP contribution is 2.21. The predicted molar refractivity (Wildman–Crippen MR) is 82.2 cm³/mol. The molecule has 0 spiro atoms. The van der Waals surface area contributed by atoms with E-state index in [1.165, 1.54) is 19.1 Å². The van der Waals surface area contributed by atoms with Crippen molar-refractivity contribution in [2.45, 2.75) is 25.8 Å². The lowest BCUT2D eigenvalue weighted by molar-refractivity contribution is 0.331. The summed E-state index contributed by atoms with van der Waals surface area (Å²) in [6.45, 7) is 3.63. The van der Waals surface area contributed by atoms with Crippen LogP contribution in [0.25, 0.3) is 0 Å². The highest BCUT2D eigenvalue weighted by Gasteiger charge is 2.13. The Bertz CT molecular complexity index is 552. The molecular weight excluding hydrogens is 274 g/mol. The Balaban J connectivity index is 2.19. The van der Waals surface area contributed by atoms with Gasteiger partial charge in [0.2, 0.25) is 10.0 Å². The summed E-state index contributed by atoms with van der Waals surface area (Å²) >= 11 is 0. The zero-order valence-corrected chi connectivity index (χ0v) is 12.7. The minimum Gasteiger partial charge on any atom is -0.330 e. The molecule has 0 aliphatic carbocycles. The van der Waals surface area contributed by atoms with Crippen LogP contribution >= 0.6 is 0 Å². The average molecular weight is 297 g/mol. The Labute approximate surface area is 121 Å². The monoisotopic (exact) mass is 297 g/mol. The molecule has 1 saturated heterocycles. The van der Waals surface area contributed by atoms with Crippen LogP contribution in [0.15, 0.2) is 18.2 Å². The van der Waals surface area contributed by atoms with Crippen LogP contribution in [0.3, 0.4) is 0 Å². The smallest absolute Gasteiger partial charge is 0.229 e. The van der Waals surface area contributed by atoms with Crippen molar-refractivity contribution in [1.82, 2.24) is 4.90 Å². The number of hydrogen-bond acceptors (Lipinski definition) is 4. The van der Waals surface area contributed by atoms with Crippen molar-refractivity contribution >= 4 is 15.7 Å². The van der Waals surface area contributed by atoms with E-state index in [0.29, 0.717) is 18.7 Å². The van der Waals surface area contributed by atoms with Gasteiger partial charge in [-0.3, -0.25) is 9.62 Å². The number of nitrogens with one attached hydrogen (secondary N) is 1. The van der Waals surface area contributed by atoms with Crippen LogP contribution < -0.4 is 10.5 Å². The van der Waals surface area contributed by atoms with E-state index in [9.17, 15) is 8.42 Å². The van der Waals surface area contributed by atoms with Crippen molar-refractivity contribution in [2.24, 2.45) is 5.73 Å². The highest BCUT2D eigenvalue weighted by atomic mass is 32.2. The molecule has 1 aliphatic rings. The van der Waals surface area contributed by atoms with E-state index in [0.717, 1.165) is 30.8 Å². The molecule has 1 aromatic rings. The zero-order chi connectivity index (χ0) is 14.6. The molecule has 0 atom stereocenters. The lowest BCUT2D eigenvalue weighted by Gasteiger charge is -2.17. The summed E-state index contributed by atoms with van der Waals surface area (Å²) in [6.07, 6.45) is 4.34. The number of sulfonamides is 1. The molecule has 5 nitrogen and oxygen atoms in total. The third-order valence-corrected chi connectivity index (χ3v) is 4.08. The van der Waals surface area contributed by atoms with Crippen molar-refractivity contribution in [3.8, 4) is 0 Å². The first-order valence-electron chi connectivity index (χ1n) is 7.00. The van der Waals surface area contributed by atoms with Crippen molar-refractivity contribution in [2.75, 3.05) is 30.6 Å². The minimum absolute atomic E-state index is 0.504. The second kappa shape index (κ2) is 6.56. The molecule has 3 N–H and O–H groups in total. The van der Waals surface area contributed by atoms with E-state index < -0.39 is 10.0 Å². The summed E-state index contributed by atoms with van der Waals surface area (Å²) < 4.78 is 25.5. The summed E-state index contributed by atoms with van der Waals surface area (Å²) in [5.41, 5.74) is 8.32. The number of nitrogens with two attached hydrogens (primary N) is 1. The van der Waals surface area contributed by atoms with Gasteiger partial charge in [0, 0.05) is 6.54 Å². The first-order valence-corrected chi connectivity index (χ1v) is 8.89.